The second kappa shape index (κ2) is 15.5. The van der Waals surface area contributed by atoms with Crippen molar-refractivity contribution in [2.45, 2.75) is 72.0 Å². The van der Waals surface area contributed by atoms with Crippen LogP contribution in [-0.2, 0) is 29.2 Å². The molecule has 3 rings (SSSR count). The molecule has 0 heterocycles. The van der Waals surface area contributed by atoms with Crippen molar-refractivity contribution in [3.8, 4) is 11.5 Å². The molecule has 0 spiro atoms. The molecule has 0 radical (unpaired) electrons. The summed E-state index contributed by atoms with van der Waals surface area (Å²) in [6.07, 6.45) is 5.64. The summed E-state index contributed by atoms with van der Waals surface area (Å²) in [6.45, 7) is 4.89. The summed E-state index contributed by atoms with van der Waals surface area (Å²) in [5.74, 6) is 0.583. The van der Waals surface area contributed by atoms with Crippen LogP contribution in [0.5, 0.6) is 11.5 Å². The molecule has 0 aliphatic heterocycles. The van der Waals surface area contributed by atoms with Gasteiger partial charge in [0, 0.05) is 12.5 Å². The molecule has 0 atom stereocenters. The van der Waals surface area contributed by atoms with Crippen molar-refractivity contribution in [2.75, 3.05) is 6.61 Å². The molecule has 0 saturated carbocycles. The Balaban J connectivity index is 1.91. The van der Waals surface area contributed by atoms with E-state index in [0.717, 1.165) is 36.8 Å². The summed E-state index contributed by atoms with van der Waals surface area (Å²) in [6, 6.07) is 23.2. The Labute approximate surface area is 220 Å². The Bertz CT molecular complexity index is 1110. The van der Waals surface area contributed by atoms with Crippen molar-refractivity contribution in [3.63, 3.8) is 0 Å². The second-order valence-electron chi connectivity index (χ2n) is 9.07. The first-order chi connectivity index (χ1) is 18.1. The molecule has 0 unspecified atom stereocenters. The zero-order valence-electron chi connectivity index (χ0n) is 22.0. The molecule has 0 aliphatic carbocycles. The predicted molar refractivity (Wildman–Crippen MR) is 146 cm³/mol. The maximum absolute atomic E-state index is 13.5. The van der Waals surface area contributed by atoms with Gasteiger partial charge >= 0.3 is 5.97 Å². The van der Waals surface area contributed by atoms with Crippen LogP contribution in [0.3, 0.4) is 0 Å². The summed E-state index contributed by atoms with van der Waals surface area (Å²) in [7, 11) is 0. The average Bonchev–Trinajstić information content (AvgIpc) is 2.91. The molecule has 37 heavy (non-hydrogen) atoms. The van der Waals surface area contributed by atoms with E-state index in [0.29, 0.717) is 42.3 Å². The molecule has 0 N–H and O–H groups in total. The van der Waals surface area contributed by atoms with Gasteiger partial charge in [-0.25, -0.2) is 0 Å². The summed E-state index contributed by atoms with van der Waals surface area (Å²) in [5.41, 5.74) is 3.04. The van der Waals surface area contributed by atoms with Gasteiger partial charge < -0.3 is 14.2 Å². The maximum Gasteiger partial charge on any atom is 0.310 e. The molecular formula is C32H38O5. The van der Waals surface area contributed by atoms with Crippen molar-refractivity contribution in [3.05, 3.63) is 95.1 Å². The number of hydrogen-bond donors (Lipinski definition) is 0. The molecule has 0 amide bonds. The molecule has 5 nitrogen and oxygen atoms in total. The Hall–Kier alpha value is -3.60. The quantitative estimate of drug-likeness (QED) is 0.115. The van der Waals surface area contributed by atoms with Crippen molar-refractivity contribution in [1.29, 1.82) is 0 Å². The lowest BCUT2D eigenvalue weighted by molar-refractivity contribution is -0.142. The van der Waals surface area contributed by atoms with Gasteiger partial charge in [0.05, 0.1) is 18.6 Å². The van der Waals surface area contributed by atoms with E-state index in [9.17, 15) is 9.59 Å². The number of hydrogen-bond acceptors (Lipinski definition) is 5. The van der Waals surface area contributed by atoms with Gasteiger partial charge in [-0.3, -0.25) is 9.59 Å². The second-order valence-corrected chi connectivity index (χ2v) is 9.07. The lowest BCUT2D eigenvalue weighted by atomic mass is 9.95. The lowest BCUT2D eigenvalue weighted by Crippen LogP contribution is -2.14. The predicted octanol–water partition coefficient (Wildman–Crippen LogP) is 7.49. The summed E-state index contributed by atoms with van der Waals surface area (Å²) in [4.78, 5) is 26.0. The van der Waals surface area contributed by atoms with E-state index in [1.807, 2.05) is 60.7 Å². The summed E-state index contributed by atoms with van der Waals surface area (Å²) < 4.78 is 17.5. The molecule has 3 aromatic carbocycles. The fourth-order valence-corrected chi connectivity index (χ4v) is 4.16. The summed E-state index contributed by atoms with van der Waals surface area (Å²) in [5, 5.41) is 0. The minimum atomic E-state index is -0.381. The van der Waals surface area contributed by atoms with E-state index in [4.69, 9.17) is 14.2 Å². The molecule has 0 aromatic heterocycles. The van der Waals surface area contributed by atoms with Crippen LogP contribution in [0.4, 0.5) is 0 Å². The largest absolute Gasteiger partial charge is 0.489 e. The third kappa shape index (κ3) is 9.41. The fourth-order valence-electron chi connectivity index (χ4n) is 4.16. The van der Waals surface area contributed by atoms with Gasteiger partial charge in [0.1, 0.15) is 24.7 Å². The first-order valence-corrected chi connectivity index (χ1v) is 13.3. The van der Waals surface area contributed by atoms with Crippen LogP contribution in [0.25, 0.3) is 0 Å². The van der Waals surface area contributed by atoms with Crippen LogP contribution >= 0.6 is 0 Å². The van der Waals surface area contributed by atoms with Crippen LogP contribution in [0.15, 0.2) is 72.8 Å². The van der Waals surface area contributed by atoms with Crippen LogP contribution in [-0.4, -0.2) is 18.4 Å². The van der Waals surface area contributed by atoms with Crippen LogP contribution in [0, 0.1) is 0 Å². The maximum atomic E-state index is 13.5. The highest BCUT2D eigenvalue weighted by molar-refractivity contribution is 6.01. The first kappa shape index (κ1) is 28.0. The van der Waals surface area contributed by atoms with E-state index in [1.165, 1.54) is 6.42 Å². The minimum absolute atomic E-state index is 0.0189. The average molecular weight is 503 g/mol. The van der Waals surface area contributed by atoms with Gasteiger partial charge in [0.2, 0.25) is 0 Å². The number of ether oxygens (including phenoxy) is 3. The number of carbonyl (C=O) groups excluding carboxylic acids is 2. The minimum Gasteiger partial charge on any atom is -0.489 e. The lowest BCUT2D eigenvalue weighted by Gasteiger charge is -2.18. The van der Waals surface area contributed by atoms with Gasteiger partial charge in [-0.05, 0) is 36.1 Å². The van der Waals surface area contributed by atoms with Crippen LogP contribution in [0.2, 0.25) is 0 Å². The van der Waals surface area contributed by atoms with E-state index in [1.54, 1.807) is 19.1 Å². The Morgan fingerprint density at radius 1 is 0.730 bits per heavy atom. The third-order valence-electron chi connectivity index (χ3n) is 6.07. The smallest absolute Gasteiger partial charge is 0.310 e. The molecule has 0 bridgehead atoms. The van der Waals surface area contributed by atoms with Gasteiger partial charge in [0.15, 0.2) is 5.78 Å². The SMILES string of the molecule is CCCCCCCC(=O)c1c(CC(=O)OCC)cc(OCc2ccccc2)cc1OCc1ccccc1. The van der Waals surface area contributed by atoms with Crippen molar-refractivity contribution < 1.29 is 23.8 Å². The van der Waals surface area contributed by atoms with Gasteiger partial charge in [-0.15, -0.1) is 0 Å². The van der Waals surface area contributed by atoms with E-state index in [-0.39, 0.29) is 24.8 Å². The number of rotatable bonds is 16. The number of carbonyl (C=O) groups is 2. The monoisotopic (exact) mass is 502 g/mol. The Morgan fingerprint density at radius 3 is 1.97 bits per heavy atom. The molecule has 5 heteroatoms. The van der Waals surface area contributed by atoms with Crippen molar-refractivity contribution in [1.82, 2.24) is 0 Å². The highest BCUT2D eigenvalue weighted by Gasteiger charge is 2.22. The molecule has 0 aliphatic rings. The molecule has 0 saturated heterocycles. The van der Waals surface area contributed by atoms with Crippen molar-refractivity contribution >= 4 is 11.8 Å². The first-order valence-electron chi connectivity index (χ1n) is 13.3. The van der Waals surface area contributed by atoms with Crippen LogP contribution in [0.1, 0.15) is 79.4 Å². The molecule has 196 valence electrons. The Morgan fingerprint density at radius 2 is 1.35 bits per heavy atom. The zero-order valence-corrected chi connectivity index (χ0v) is 22.0. The summed E-state index contributed by atoms with van der Waals surface area (Å²) >= 11 is 0. The van der Waals surface area contributed by atoms with E-state index >= 15 is 0 Å². The van der Waals surface area contributed by atoms with Crippen LogP contribution < -0.4 is 9.47 Å². The molecule has 3 aromatic rings. The number of unbranched alkanes of at least 4 members (excludes halogenated alkanes) is 4. The normalized spacial score (nSPS) is 10.6. The van der Waals surface area contributed by atoms with Gasteiger partial charge in [-0.1, -0.05) is 93.3 Å². The van der Waals surface area contributed by atoms with E-state index < -0.39 is 0 Å². The Kier molecular flexibility index (Phi) is 11.7. The standard InChI is InChI=1S/C32H38O5/c1-3-5-6-7-14-19-29(33)32-27(21-31(34)35-4-2)20-28(36-23-25-15-10-8-11-16-25)22-30(32)37-24-26-17-12-9-13-18-26/h8-13,15-18,20,22H,3-7,14,19,21,23-24H2,1-2H3. The topological polar surface area (TPSA) is 61.8 Å². The van der Waals surface area contributed by atoms with E-state index in [2.05, 4.69) is 6.92 Å². The van der Waals surface area contributed by atoms with Crippen molar-refractivity contribution in [2.24, 2.45) is 0 Å². The number of ketones is 1. The number of esters is 1. The zero-order chi connectivity index (χ0) is 26.3. The third-order valence-corrected chi connectivity index (χ3v) is 6.07. The highest BCUT2D eigenvalue weighted by atomic mass is 16.5. The molecule has 0 fully saturated rings. The van der Waals surface area contributed by atoms with Gasteiger partial charge in [-0.2, -0.15) is 0 Å². The fraction of sp³-hybridized carbons (Fsp3) is 0.375. The highest BCUT2D eigenvalue weighted by Crippen LogP contribution is 2.32. The number of benzene rings is 3. The number of Topliss-reactive ketones (excluding diaryl/α,β-unsaturated/α-hetero) is 1. The molecular weight excluding hydrogens is 464 g/mol. The van der Waals surface area contributed by atoms with Gasteiger partial charge in [0.25, 0.3) is 0 Å².